The van der Waals surface area contributed by atoms with Crippen molar-refractivity contribution in [1.29, 1.82) is 0 Å². The van der Waals surface area contributed by atoms with E-state index >= 15 is 0 Å². The molecule has 2 rings (SSSR count). The quantitative estimate of drug-likeness (QED) is 0.855. The van der Waals surface area contributed by atoms with Crippen LogP contribution in [0.25, 0.3) is 11.1 Å². The predicted octanol–water partition coefficient (Wildman–Crippen LogP) is 4.80. The van der Waals surface area contributed by atoms with E-state index in [1.54, 1.807) is 6.92 Å². The molecular formula is C19H22O2. The Morgan fingerprint density at radius 2 is 1.76 bits per heavy atom. The average Bonchev–Trinajstić information content (AvgIpc) is 2.48. The minimum Gasteiger partial charge on any atom is -0.481 e. The Morgan fingerprint density at radius 1 is 1.10 bits per heavy atom. The highest BCUT2D eigenvalue weighted by Crippen LogP contribution is 2.33. The molecule has 1 N–H and O–H groups in total. The Hall–Kier alpha value is -2.09. The molecule has 0 heterocycles. The third-order valence-corrected chi connectivity index (χ3v) is 3.98. The van der Waals surface area contributed by atoms with Crippen molar-refractivity contribution in [3.63, 3.8) is 0 Å². The molecule has 0 aliphatic rings. The molecule has 0 saturated carbocycles. The summed E-state index contributed by atoms with van der Waals surface area (Å²) in [5, 5.41) is 9.34. The zero-order chi connectivity index (χ0) is 15.4. The van der Waals surface area contributed by atoms with E-state index in [1.165, 1.54) is 22.3 Å². The summed E-state index contributed by atoms with van der Waals surface area (Å²) in [5.41, 5.74) is 5.69. The van der Waals surface area contributed by atoms with Gasteiger partial charge in [0.25, 0.3) is 0 Å². The zero-order valence-electron chi connectivity index (χ0n) is 12.9. The largest absolute Gasteiger partial charge is 0.481 e. The van der Waals surface area contributed by atoms with Crippen LogP contribution < -0.4 is 0 Å². The molecule has 2 heteroatoms. The van der Waals surface area contributed by atoms with Gasteiger partial charge in [-0.3, -0.25) is 4.79 Å². The van der Waals surface area contributed by atoms with Crippen molar-refractivity contribution in [3.05, 3.63) is 59.2 Å². The van der Waals surface area contributed by atoms with E-state index in [1.807, 2.05) is 24.3 Å². The Bertz CT molecular complexity index is 644. The molecule has 2 nitrogen and oxygen atoms in total. The molecule has 0 radical (unpaired) electrons. The Balaban J connectivity index is 2.64. The maximum Gasteiger partial charge on any atom is 0.310 e. The first kappa shape index (κ1) is 15.3. The maximum atomic E-state index is 11.4. The molecule has 0 fully saturated rings. The molecule has 110 valence electrons. The third-order valence-electron chi connectivity index (χ3n) is 3.98. The normalized spacial score (nSPS) is 12.1. The average molecular weight is 282 g/mol. The fourth-order valence-electron chi connectivity index (χ4n) is 2.80. The van der Waals surface area contributed by atoms with Crippen molar-refractivity contribution in [2.45, 2.75) is 39.5 Å². The maximum absolute atomic E-state index is 11.4. The van der Waals surface area contributed by atoms with E-state index in [4.69, 9.17) is 0 Å². The summed E-state index contributed by atoms with van der Waals surface area (Å²) < 4.78 is 0. The number of carboxylic acid groups (broad SMARTS) is 1. The lowest BCUT2D eigenvalue weighted by Crippen LogP contribution is -2.11. The Kier molecular flexibility index (Phi) is 4.79. The monoisotopic (exact) mass is 282 g/mol. The molecule has 0 saturated heterocycles. The minimum absolute atomic E-state index is 0.476. The van der Waals surface area contributed by atoms with E-state index in [0.717, 1.165) is 18.4 Å². The van der Waals surface area contributed by atoms with E-state index < -0.39 is 11.9 Å². The lowest BCUT2D eigenvalue weighted by atomic mass is 9.86. The molecule has 21 heavy (non-hydrogen) atoms. The van der Waals surface area contributed by atoms with Crippen molar-refractivity contribution < 1.29 is 9.90 Å². The van der Waals surface area contributed by atoms with Crippen LogP contribution in [-0.2, 0) is 11.2 Å². The van der Waals surface area contributed by atoms with Crippen LogP contribution in [0.4, 0.5) is 0 Å². The number of hydrogen-bond acceptors (Lipinski definition) is 1. The van der Waals surface area contributed by atoms with Crippen LogP contribution >= 0.6 is 0 Å². The van der Waals surface area contributed by atoms with Gasteiger partial charge in [0.15, 0.2) is 0 Å². The van der Waals surface area contributed by atoms with Crippen molar-refractivity contribution in [3.8, 4) is 11.1 Å². The van der Waals surface area contributed by atoms with Crippen LogP contribution in [0.1, 0.15) is 42.9 Å². The first-order valence-electron chi connectivity index (χ1n) is 7.46. The summed E-state index contributed by atoms with van der Waals surface area (Å²) in [6.07, 6.45) is 1.90. The second-order valence-electron chi connectivity index (χ2n) is 5.50. The standard InChI is InChI=1S/C19H22O2/c1-4-8-17-16(14(3)19(20)21)11-7-12-18(17)15-10-6-5-9-13(15)2/h5-7,9-12,14H,4,8H2,1-3H3,(H,20,21). The van der Waals surface area contributed by atoms with E-state index in [2.05, 4.69) is 32.0 Å². The van der Waals surface area contributed by atoms with Gasteiger partial charge < -0.3 is 5.11 Å². The molecule has 0 aliphatic heterocycles. The highest BCUT2D eigenvalue weighted by atomic mass is 16.4. The van der Waals surface area contributed by atoms with Crippen LogP contribution in [0.5, 0.6) is 0 Å². The van der Waals surface area contributed by atoms with Gasteiger partial charge >= 0.3 is 5.97 Å². The highest BCUT2D eigenvalue weighted by Gasteiger charge is 2.19. The van der Waals surface area contributed by atoms with Gasteiger partial charge in [-0.25, -0.2) is 0 Å². The highest BCUT2D eigenvalue weighted by molar-refractivity contribution is 5.79. The van der Waals surface area contributed by atoms with Crippen molar-refractivity contribution in [2.24, 2.45) is 0 Å². The summed E-state index contributed by atoms with van der Waals surface area (Å²) in [6.45, 7) is 5.99. The molecule has 1 unspecified atom stereocenters. The fourth-order valence-corrected chi connectivity index (χ4v) is 2.80. The zero-order valence-corrected chi connectivity index (χ0v) is 12.9. The minimum atomic E-state index is -0.769. The number of carbonyl (C=O) groups is 1. The van der Waals surface area contributed by atoms with Crippen LogP contribution in [0.3, 0.4) is 0 Å². The second kappa shape index (κ2) is 6.57. The number of aryl methyl sites for hydroxylation is 1. The lowest BCUT2D eigenvalue weighted by molar-refractivity contribution is -0.138. The van der Waals surface area contributed by atoms with Crippen LogP contribution in [0, 0.1) is 6.92 Å². The molecule has 0 spiro atoms. The van der Waals surface area contributed by atoms with Crippen LogP contribution in [0.15, 0.2) is 42.5 Å². The summed E-state index contributed by atoms with van der Waals surface area (Å²) in [6, 6.07) is 14.3. The van der Waals surface area contributed by atoms with Gasteiger partial charge in [-0.2, -0.15) is 0 Å². The van der Waals surface area contributed by atoms with Crippen molar-refractivity contribution in [1.82, 2.24) is 0 Å². The van der Waals surface area contributed by atoms with Crippen molar-refractivity contribution >= 4 is 5.97 Å². The van der Waals surface area contributed by atoms with Gasteiger partial charge in [-0.15, -0.1) is 0 Å². The van der Waals surface area contributed by atoms with Gasteiger partial charge in [0.2, 0.25) is 0 Å². The van der Waals surface area contributed by atoms with Gasteiger partial charge in [-0.05, 0) is 48.1 Å². The van der Waals surface area contributed by atoms with E-state index in [9.17, 15) is 9.90 Å². The number of aliphatic carboxylic acids is 1. The van der Waals surface area contributed by atoms with Gasteiger partial charge in [0, 0.05) is 0 Å². The molecule has 0 amide bonds. The summed E-state index contributed by atoms with van der Waals surface area (Å²) in [4.78, 5) is 11.4. The predicted molar refractivity (Wildman–Crippen MR) is 86.7 cm³/mol. The van der Waals surface area contributed by atoms with Gasteiger partial charge in [0.05, 0.1) is 5.92 Å². The topological polar surface area (TPSA) is 37.3 Å². The number of rotatable bonds is 5. The lowest BCUT2D eigenvalue weighted by Gasteiger charge is -2.18. The molecule has 2 aromatic rings. The molecule has 0 aliphatic carbocycles. The molecular weight excluding hydrogens is 260 g/mol. The smallest absolute Gasteiger partial charge is 0.310 e. The number of hydrogen-bond donors (Lipinski definition) is 1. The fraction of sp³-hybridized carbons (Fsp3) is 0.316. The van der Waals surface area contributed by atoms with Gasteiger partial charge in [0.1, 0.15) is 0 Å². The number of carboxylic acids is 1. The molecule has 0 aromatic heterocycles. The molecule has 2 aromatic carbocycles. The van der Waals surface area contributed by atoms with Gasteiger partial charge in [-0.1, -0.05) is 55.8 Å². The first-order chi connectivity index (χ1) is 10.1. The second-order valence-corrected chi connectivity index (χ2v) is 5.50. The van der Waals surface area contributed by atoms with E-state index in [-0.39, 0.29) is 0 Å². The molecule has 0 bridgehead atoms. The van der Waals surface area contributed by atoms with E-state index in [0.29, 0.717) is 0 Å². The SMILES string of the molecule is CCCc1c(-c2ccccc2C)cccc1C(C)C(=O)O. The van der Waals surface area contributed by atoms with Crippen LogP contribution in [0.2, 0.25) is 0 Å². The Morgan fingerprint density at radius 3 is 2.38 bits per heavy atom. The summed E-state index contributed by atoms with van der Waals surface area (Å²) >= 11 is 0. The first-order valence-corrected chi connectivity index (χ1v) is 7.46. The van der Waals surface area contributed by atoms with Crippen molar-refractivity contribution in [2.75, 3.05) is 0 Å². The molecule has 1 atom stereocenters. The Labute approximate surface area is 126 Å². The number of benzene rings is 2. The van der Waals surface area contributed by atoms with Crippen LogP contribution in [-0.4, -0.2) is 11.1 Å². The summed E-state index contributed by atoms with van der Waals surface area (Å²) in [7, 11) is 0. The summed E-state index contributed by atoms with van der Waals surface area (Å²) in [5.74, 6) is -1.25. The third kappa shape index (κ3) is 3.15.